The number of aromatic nitrogens is 3. The van der Waals surface area contributed by atoms with Crippen molar-refractivity contribution in [2.24, 2.45) is 0 Å². The number of nitrogen functional groups attached to an aromatic ring is 1. The van der Waals surface area contributed by atoms with Gasteiger partial charge in [-0.3, -0.25) is 0 Å². The molecular weight excluding hydrogens is 256 g/mol. The molecule has 0 aliphatic heterocycles. The van der Waals surface area contributed by atoms with Crippen LogP contribution in [0.15, 0.2) is 28.7 Å². The Hall–Kier alpha value is -2.63. The molecule has 1 aromatic carbocycles. The molecule has 3 rings (SSSR count). The minimum atomic E-state index is 0.107. The van der Waals surface area contributed by atoms with E-state index in [0.29, 0.717) is 18.2 Å². The molecular formula is C14H14N4O2. The third kappa shape index (κ3) is 2.27. The van der Waals surface area contributed by atoms with E-state index in [-0.39, 0.29) is 12.0 Å². The van der Waals surface area contributed by atoms with Crippen LogP contribution in [0.25, 0.3) is 22.6 Å². The van der Waals surface area contributed by atoms with Crippen molar-refractivity contribution in [1.82, 2.24) is 15.0 Å². The monoisotopic (exact) mass is 270 g/mol. The average Bonchev–Trinajstić information content (AvgIpc) is 2.81. The topological polar surface area (TPSA) is 87.1 Å². The number of aryl methyl sites for hydroxylation is 1. The summed E-state index contributed by atoms with van der Waals surface area (Å²) in [4.78, 5) is 12.2. The normalized spacial score (nSPS) is 10.9. The molecule has 0 aliphatic carbocycles. The predicted octanol–water partition coefficient (Wildman–Crippen LogP) is 2.57. The highest BCUT2D eigenvalue weighted by Gasteiger charge is 2.12. The first-order chi connectivity index (χ1) is 9.65. The first-order valence-electron chi connectivity index (χ1n) is 6.30. The zero-order chi connectivity index (χ0) is 14.1. The van der Waals surface area contributed by atoms with E-state index in [1.54, 1.807) is 0 Å². The highest BCUT2D eigenvalue weighted by Crippen LogP contribution is 2.27. The quantitative estimate of drug-likeness (QED) is 0.787. The van der Waals surface area contributed by atoms with E-state index in [1.807, 2.05) is 38.1 Å². The van der Waals surface area contributed by atoms with Crippen LogP contribution in [-0.4, -0.2) is 21.6 Å². The van der Waals surface area contributed by atoms with Crippen LogP contribution in [0.4, 0.5) is 5.95 Å². The van der Waals surface area contributed by atoms with Gasteiger partial charge in [0.1, 0.15) is 5.58 Å². The Kier molecular flexibility index (Phi) is 2.98. The van der Waals surface area contributed by atoms with Crippen LogP contribution >= 0.6 is 0 Å². The summed E-state index contributed by atoms with van der Waals surface area (Å²) < 4.78 is 11.0. The predicted molar refractivity (Wildman–Crippen MR) is 75.4 cm³/mol. The average molecular weight is 270 g/mol. The summed E-state index contributed by atoms with van der Waals surface area (Å²) in [6, 6.07) is 8.03. The molecule has 0 spiro atoms. The van der Waals surface area contributed by atoms with E-state index in [2.05, 4.69) is 15.0 Å². The number of nitrogens with zero attached hydrogens (tertiary/aromatic N) is 3. The molecule has 0 saturated carbocycles. The number of benzene rings is 1. The zero-order valence-electron chi connectivity index (χ0n) is 11.3. The fraction of sp³-hybridized carbons (Fsp3) is 0.214. The van der Waals surface area contributed by atoms with Crippen LogP contribution in [0.3, 0.4) is 0 Å². The zero-order valence-corrected chi connectivity index (χ0v) is 11.3. The summed E-state index contributed by atoms with van der Waals surface area (Å²) in [6.07, 6.45) is 0. The molecule has 0 bridgehead atoms. The van der Waals surface area contributed by atoms with Gasteiger partial charge < -0.3 is 14.9 Å². The lowest BCUT2D eigenvalue weighted by Crippen LogP contribution is -2.04. The van der Waals surface area contributed by atoms with Gasteiger partial charge in [-0.05, 0) is 32.0 Å². The summed E-state index contributed by atoms with van der Waals surface area (Å²) in [6.45, 7) is 4.34. The smallest absolute Gasteiger partial charge is 0.321 e. The van der Waals surface area contributed by atoms with Gasteiger partial charge >= 0.3 is 6.01 Å². The van der Waals surface area contributed by atoms with E-state index in [0.717, 1.165) is 16.5 Å². The van der Waals surface area contributed by atoms with E-state index in [4.69, 9.17) is 14.9 Å². The minimum Gasteiger partial charge on any atom is -0.464 e. The largest absolute Gasteiger partial charge is 0.464 e. The first-order valence-corrected chi connectivity index (χ1v) is 6.30. The highest BCUT2D eigenvalue weighted by molar-refractivity contribution is 5.82. The lowest BCUT2D eigenvalue weighted by molar-refractivity contribution is 0.312. The number of nitrogens with two attached hydrogens (primary N) is 1. The number of rotatable bonds is 3. The van der Waals surface area contributed by atoms with E-state index < -0.39 is 0 Å². The van der Waals surface area contributed by atoms with Gasteiger partial charge in [0.25, 0.3) is 0 Å². The molecule has 0 amide bonds. The van der Waals surface area contributed by atoms with Crippen molar-refractivity contribution in [2.45, 2.75) is 13.8 Å². The van der Waals surface area contributed by atoms with E-state index in [1.165, 1.54) is 0 Å². The second kappa shape index (κ2) is 4.80. The summed E-state index contributed by atoms with van der Waals surface area (Å²) >= 11 is 0. The van der Waals surface area contributed by atoms with Crippen molar-refractivity contribution in [3.8, 4) is 17.6 Å². The summed E-state index contributed by atoms with van der Waals surface area (Å²) in [7, 11) is 0. The molecule has 6 nitrogen and oxygen atoms in total. The van der Waals surface area contributed by atoms with Gasteiger partial charge in [0.05, 0.1) is 6.61 Å². The van der Waals surface area contributed by atoms with Crippen molar-refractivity contribution in [3.05, 3.63) is 29.8 Å². The second-order valence-electron chi connectivity index (χ2n) is 4.38. The van der Waals surface area contributed by atoms with Crippen LogP contribution in [-0.2, 0) is 0 Å². The van der Waals surface area contributed by atoms with Crippen molar-refractivity contribution in [1.29, 1.82) is 0 Å². The second-order valence-corrected chi connectivity index (χ2v) is 4.38. The Morgan fingerprint density at radius 1 is 1.20 bits per heavy atom. The Balaban J connectivity index is 2.10. The summed E-state index contributed by atoms with van der Waals surface area (Å²) in [5.41, 5.74) is 7.60. The van der Waals surface area contributed by atoms with Crippen molar-refractivity contribution in [3.63, 3.8) is 0 Å². The Morgan fingerprint density at radius 3 is 2.85 bits per heavy atom. The SMILES string of the molecule is CCOc1nc(N)nc(-c2cc3cc(C)ccc3o2)n1. The van der Waals surface area contributed by atoms with Crippen LogP contribution < -0.4 is 10.5 Å². The molecule has 6 heteroatoms. The molecule has 0 saturated heterocycles. The summed E-state index contributed by atoms with van der Waals surface area (Å²) in [5.74, 6) is 1.02. The number of fused-ring (bicyclic) bond motifs is 1. The Labute approximate surface area is 115 Å². The third-order valence-electron chi connectivity index (χ3n) is 2.80. The number of anilines is 1. The molecule has 2 heterocycles. The minimum absolute atomic E-state index is 0.107. The molecule has 0 unspecified atom stereocenters. The maximum Gasteiger partial charge on any atom is 0.321 e. The molecule has 0 aliphatic rings. The fourth-order valence-electron chi connectivity index (χ4n) is 1.95. The van der Waals surface area contributed by atoms with Crippen LogP contribution in [0.1, 0.15) is 12.5 Å². The highest BCUT2D eigenvalue weighted by atomic mass is 16.5. The van der Waals surface area contributed by atoms with Gasteiger partial charge in [-0.2, -0.15) is 15.0 Å². The molecule has 0 fully saturated rings. The molecule has 20 heavy (non-hydrogen) atoms. The maximum atomic E-state index is 5.73. The molecule has 3 aromatic rings. The Bertz CT molecular complexity index is 767. The van der Waals surface area contributed by atoms with E-state index >= 15 is 0 Å². The molecule has 102 valence electrons. The molecule has 0 atom stereocenters. The lowest BCUT2D eigenvalue weighted by atomic mass is 10.2. The number of hydrogen-bond acceptors (Lipinski definition) is 6. The fourth-order valence-corrected chi connectivity index (χ4v) is 1.95. The molecule has 2 aromatic heterocycles. The van der Waals surface area contributed by atoms with Crippen LogP contribution in [0.2, 0.25) is 0 Å². The van der Waals surface area contributed by atoms with Crippen molar-refractivity contribution < 1.29 is 9.15 Å². The van der Waals surface area contributed by atoms with Gasteiger partial charge in [0.15, 0.2) is 5.76 Å². The molecule has 2 N–H and O–H groups in total. The first kappa shape index (κ1) is 12.4. The number of hydrogen-bond donors (Lipinski definition) is 1. The summed E-state index contributed by atoms with van der Waals surface area (Å²) in [5, 5.41) is 0.997. The van der Waals surface area contributed by atoms with Gasteiger partial charge in [0.2, 0.25) is 11.8 Å². The van der Waals surface area contributed by atoms with Crippen molar-refractivity contribution in [2.75, 3.05) is 12.3 Å². The third-order valence-corrected chi connectivity index (χ3v) is 2.80. The number of ether oxygens (including phenoxy) is 1. The van der Waals surface area contributed by atoms with Crippen LogP contribution in [0.5, 0.6) is 6.01 Å². The maximum absolute atomic E-state index is 5.73. The standard InChI is InChI=1S/C14H14N4O2/c1-3-19-14-17-12(16-13(15)18-14)11-7-9-6-8(2)4-5-10(9)20-11/h4-7H,3H2,1-2H3,(H2,15,16,17,18). The van der Waals surface area contributed by atoms with Gasteiger partial charge in [0, 0.05) is 5.39 Å². The number of furan rings is 1. The lowest BCUT2D eigenvalue weighted by Gasteiger charge is -2.02. The van der Waals surface area contributed by atoms with E-state index in [9.17, 15) is 0 Å². The van der Waals surface area contributed by atoms with Gasteiger partial charge in [-0.25, -0.2) is 0 Å². The van der Waals surface area contributed by atoms with Gasteiger partial charge in [-0.1, -0.05) is 11.6 Å². The Morgan fingerprint density at radius 2 is 2.05 bits per heavy atom. The van der Waals surface area contributed by atoms with Crippen LogP contribution in [0, 0.1) is 6.92 Å². The molecule has 0 radical (unpaired) electrons. The van der Waals surface area contributed by atoms with Crippen molar-refractivity contribution >= 4 is 16.9 Å². The van der Waals surface area contributed by atoms with Gasteiger partial charge in [-0.15, -0.1) is 0 Å².